The highest BCUT2D eigenvalue weighted by molar-refractivity contribution is 9.10. The maximum atomic E-state index is 4.41. The predicted molar refractivity (Wildman–Crippen MR) is 46.6 cm³/mol. The van der Waals surface area contributed by atoms with Crippen LogP contribution in [-0.2, 0) is 0 Å². The zero-order chi connectivity index (χ0) is 7.40. The van der Waals surface area contributed by atoms with E-state index >= 15 is 0 Å². The molecule has 0 atom stereocenters. The van der Waals surface area contributed by atoms with Gasteiger partial charge in [-0.25, -0.2) is 4.98 Å². The number of nitrogens with zero attached hydrogens (tertiary/aromatic N) is 2. The first-order chi connectivity index (χ1) is 4.83. The highest BCUT2D eigenvalue weighted by atomic mass is 79.9. The van der Waals surface area contributed by atoms with Crippen LogP contribution in [0.15, 0.2) is 27.9 Å². The summed E-state index contributed by atoms with van der Waals surface area (Å²) in [5, 5.41) is 2.26. The molecule has 2 nitrogen and oxygen atoms in total. The third-order valence-electron chi connectivity index (χ3n) is 0.887. The Kier molecular flexibility index (Phi) is 2.68. The summed E-state index contributed by atoms with van der Waals surface area (Å²) in [5.74, 6) is 0. The lowest BCUT2D eigenvalue weighted by atomic mass is 10.4. The van der Waals surface area contributed by atoms with Crippen LogP contribution in [0.3, 0.4) is 0 Å². The molecule has 0 amide bonds. The van der Waals surface area contributed by atoms with Crippen molar-refractivity contribution in [3.8, 4) is 0 Å². The molecule has 0 radical (unpaired) electrons. The van der Waals surface area contributed by atoms with Crippen molar-refractivity contribution < 1.29 is 0 Å². The van der Waals surface area contributed by atoms with Gasteiger partial charge in [-0.05, 0) is 40.3 Å². The van der Waals surface area contributed by atoms with Gasteiger partial charge in [0.25, 0.3) is 0 Å². The minimum atomic E-state index is 0.721. The monoisotopic (exact) mass is 214 g/mol. The second kappa shape index (κ2) is 3.56. The van der Waals surface area contributed by atoms with E-state index in [0.717, 1.165) is 10.3 Å². The molecule has 0 bridgehead atoms. The molecule has 0 aromatic carbocycles. The van der Waals surface area contributed by atoms with Crippen LogP contribution >= 0.6 is 28.1 Å². The Hall–Kier alpha value is -0.570. The second-order valence-corrected chi connectivity index (χ2v) is 2.54. The number of rotatable bonds is 1. The summed E-state index contributed by atoms with van der Waals surface area (Å²) >= 11 is 7.61. The summed E-state index contributed by atoms with van der Waals surface area (Å²) in [7, 11) is 0. The third kappa shape index (κ3) is 1.99. The van der Waals surface area contributed by atoms with Crippen LogP contribution in [0.25, 0.3) is 0 Å². The molecule has 0 saturated heterocycles. The maximum absolute atomic E-state index is 4.41. The van der Waals surface area contributed by atoms with Crippen molar-refractivity contribution in [2.45, 2.75) is 0 Å². The minimum Gasteiger partial charge on any atom is -0.247 e. The molecule has 1 rings (SSSR count). The van der Waals surface area contributed by atoms with Crippen molar-refractivity contribution >= 4 is 39.0 Å². The van der Waals surface area contributed by atoms with Gasteiger partial charge >= 0.3 is 0 Å². The van der Waals surface area contributed by atoms with E-state index in [-0.39, 0.29) is 0 Å². The largest absolute Gasteiger partial charge is 0.247 e. The lowest BCUT2D eigenvalue weighted by Crippen LogP contribution is -1.70. The topological polar surface area (TPSA) is 25.2 Å². The number of aromatic nitrogens is 1. The normalized spacial score (nSPS) is 8.50. The zero-order valence-electron chi connectivity index (χ0n) is 4.91. The first-order valence-electron chi connectivity index (χ1n) is 2.52. The molecule has 0 N–H and O–H groups in total. The van der Waals surface area contributed by atoms with Crippen molar-refractivity contribution in [3.05, 3.63) is 22.9 Å². The van der Waals surface area contributed by atoms with E-state index in [4.69, 9.17) is 0 Å². The van der Waals surface area contributed by atoms with Crippen LogP contribution in [0.2, 0.25) is 0 Å². The number of aliphatic imine (C=N–C) groups is 1. The van der Waals surface area contributed by atoms with E-state index in [1.807, 2.05) is 0 Å². The Bertz CT molecular complexity index is 264. The predicted octanol–water partition coefficient (Wildman–Crippen LogP) is 2.58. The summed E-state index contributed by atoms with van der Waals surface area (Å²) in [6.07, 6.45) is 1.61. The molecule has 1 aromatic rings. The molecule has 0 aliphatic heterocycles. The van der Waals surface area contributed by atoms with Gasteiger partial charge in [-0.3, -0.25) is 0 Å². The molecule has 4 heteroatoms. The Morgan fingerprint density at radius 3 is 2.90 bits per heavy atom. The highest BCUT2D eigenvalue weighted by Crippen LogP contribution is 2.12. The number of hydrogen-bond acceptors (Lipinski definition) is 3. The molecule has 0 unspecified atom stereocenters. The van der Waals surface area contributed by atoms with Gasteiger partial charge in [0, 0.05) is 0 Å². The molecular formula is C6H3BrN2S. The van der Waals surface area contributed by atoms with Gasteiger partial charge < -0.3 is 0 Å². The fraction of sp³-hybridized carbons (Fsp3) is 0. The van der Waals surface area contributed by atoms with Crippen LogP contribution < -0.4 is 0 Å². The Morgan fingerprint density at radius 2 is 2.40 bits per heavy atom. The molecule has 50 valence electrons. The number of thiocarbonyl (C=S) groups is 1. The zero-order valence-corrected chi connectivity index (χ0v) is 7.32. The molecule has 1 aromatic heterocycles. The lowest BCUT2D eigenvalue weighted by Gasteiger charge is -1.88. The van der Waals surface area contributed by atoms with E-state index in [2.05, 4.69) is 43.3 Å². The highest BCUT2D eigenvalue weighted by Gasteiger charge is 1.87. The van der Waals surface area contributed by atoms with Crippen LogP contribution in [0.5, 0.6) is 0 Å². The summed E-state index contributed by atoms with van der Waals surface area (Å²) in [4.78, 5) is 7.66. The average Bonchev–Trinajstić information content (AvgIpc) is 1.95. The molecular weight excluding hydrogens is 212 g/mol. The first kappa shape index (κ1) is 7.54. The number of isothiocyanates is 1. The van der Waals surface area contributed by atoms with Crippen molar-refractivity contribution in [1.82, 2.24) is 4.98 Å². The van der Waals surface area contributed by atoms with E-state index in [0.29, 0.717) is 0 Å². The van der Waals surface area contributed by atoms with Crippen molar-refractivity contribution in [2.75, 3.05) is 0 Å². The number of hydrogen-bond donors (Lipinski definition) is 0. The van der Waals surface area contributed by atoms with Gasteiger partial charge in [-0.1, -0.05) is 0 Å². The van der Waals surface area contributed by atoms with E-state index in [1.165, 1.54) is 0 Å². The van der Waals surface area contributed by atoms with Gasteiger partial charge in [-0.15, -0.1) is 0 Å². The van der Waals surface area contributed by atoms with Gasteiger partial charge in [0.1, 0.15) is 4.60 Å². The second-order valence-electron chi connectivity index (χ2n) is 1.54. The molecule has 0 fully saturated rings. The number of pyridine rings is 1. The van der Waals surface area contributed by atoms with Crippen LogP contribution in [0.4, 0.5) is 5.69 Å². The third-order valence-corrected chi connectivity index (χ3v) is 1.45. The fourth-order valence-corrected chi connectivity index (χ4v) is 0.827. The smallest absolute Gasteiger partial charge is 0.106 e. The van der Waals surface area contributed by atoms with Crippen LogP contribution in [-0.4, -0.2) is 10.1 Å². The summed E-state index contributed by atoms with van der Waals surface area (Å²) in [6.45, 7) is 0. The first-order valence-corrected chi connectivity index (χ1v) is 3.72. The Morgan fingerprint density at radius 1 is 1.60 bits per heavy atom. The standard InChI is InChI=1S/C6H3BrN2S/c7-6-2-1-5(3-8-6)9-4-10/h1-3H. The van der Waals surface area contributed by atoms with Gasteiger partial charge in [-0.2, -0.15) is 4.99 Å². The Labute approximate surface area is 72.1 Å². The van der Waals surface area contributed by atoms with Gasteiger partial charge in [0.15, 0.2) is 0 Å². The van der Waals surface area contributed by atoms with E-state index < -0.39 is 0 Å². The molecule has 10 heavy (non-hydrogen) atoms. The molecule has 0 spiro atoms. The Balaban J connectivity index is 3.00. The minimum absolute atomic E-state index is 0.721. The van der Waals surface area contributed by atoms with Crippen LogP contribution in [0, 0.1) is 0 Å². The lowest BCUT2D eigenvalue weighted by molar-refractivity contribution is 1.26. The van der Waals surface area contributed by atoms with Crippen LogP contribution in [0.1, 0.15) is 0 Å². The summed E-state index contributed by atoms with van der Waals surface area (Å²) < 4.78 is 0.788. The summed E-state index contributed by atoms with van der Waals surface area (Å²) in [5.41, 5.74) is 0.721. The SMILES string of the molecule is S=C=Nc1ccc(Br)nc1. The van der Waals surface area contributed by atoms with Crippen molar-refractivity contribution in [1.29, 1.82) is 0 Å². The van der Waals surface area contributed by atoms with Gasteiger partial charge in [0.05, 0.1) is 17.0 Å². The quantitative estimate of drug-likeness (QED) is 0.408. The number of halogens is 1. The van der Waals surface area contributed by atoms with Gasteiger partial charge in [0.2, 0.25) is 0 Å². The van der Waals surface area contributed by atoms with Crippen molar-refractivity contribution in [3.63, 3.8) is 0 Å². The van der Waals surface area contributed by atoms with Crippen molar-refractivity contribution in [2.24, 2.45) is 4.99 Å². The molecule has 0 aliphatic rings. The maximum Gasteiger partial charge on any atom is 0.106 e. The average molecular weight is 215 g/mol. The van der Waals surface area contributed by atoms with E-state index in [1.54, 1.807) is 18.3 Å². The van der Waals surface area contributed by atoms with E-state index in [9.17, 15) is 0 Å². The fourth-order valence-electron chi connectivity index (χ4n) is 0.487. The molecule has 1 heterocycles. The molecule has 0 aliphatic carbocycles. The molecule has 0 saturated carbocycles. The summed E-state index contributed by atoms with van der Waals surface area (Å²) in [6, 6.07) is 3.60.